The van der Waals surface area contributed by atoms with Gasteiger partial charge in [-0.1, -0.05) is 0 Å². The first-order valence-corrected chi connectivity index (χ1v) is 2.68. The average Bonchev–Trinajstić information content (AvgIpc) is 0.722. The van der Waals surface area contributed by atoms with Gasteiger partial charge in [-0.05, 0) is 0 Å². The van der Waals surface area contributed by atoms with Gasteiger partial charge in [0.25, 0.3) is 0 Å². The Kier molecular flexibility index (Phi) is 12.2. The van der Waals surface area contributed by atoms with Gasteiger partial charge in [0.15, 0.2) is 0 Å². The molecule has 0 fully saturated rings. The molecule has 4 N–H and O–H groups in total. The van der Waals surface area contributed by atoms with Gasteiger partial charge in [-0.25, -0.2) is 0 Å². The van der Waals surface area contributed by atoms with Crippen LogP contribution >= 0.6 is 0 Å². The molecule has 0 atom stereocenters. The van der Waals surface area contributed by atoms with E-state index < -0.39 is 9.05 Å². The molecule has 0 aliphatic heterocycles. The number of hydrogen-bond acceptors (Lipinski definition) is 4. The SMILES string of the molecule is O[Si](O)(O)O.[Ca+2].[O-2]. The summed E-state index contributed by atoms with van der Waals surface area (Å²) < 4.78 is 0. The van der Waals surface area contributed by atoms with Crippen molar-refractivity contribution in [2.75, 3.05) is 0 Å². The van der Waals surface area contributed by atoms with Gasteiger partial charge in [0.2, 0.25) is 0 Å². The monoisotopic (exact) mass is 152 g/mol. The van der Waals surface area contributed by atoms with Crippen LogP contribution in [0.4, 0.5) is 0 Å². The fourth-order valence-electron chi connectivity index (χ4n) is 0. The molecule has 40 valence electrons. The molecular weight excluding hydrogens is 148 g/mol. The minimum atomic E-state index is -4.61. The smallest absolute Gasteiger partial charge is 2.00 e. The van der Waals surface area contributed by atoms with Crippen molar-refractivity contribution in [1.29, 1.82) is 0 Å². The van der Waals surface area contributed by atoms with Crippen LogP contribution in [0.1, 0.15) is 0 Å². The van der Waals surface area contributed by atoms with E-state index in [0.717, 1.165) is 0 Å². The molecule has 0 amide bonds. The fourth-order valence-corrected chi connectivity index (χ4v) is 0. The molecule has 0 saturated carbocycles. The zero-order valence-electron chi connectivity index (χ0n) is 3.40. The van der Waals surface area contributed by atoms with Crippen molar-refractivity contribution < 1.29 is 24.7 Å². The van der Waals surface area contributed by atoms with E-state index in [1.165, 1.54) is 0 Å². The minimum absolute atomic E-state index is 0. The second kappa shape index (κ2) is 5.41. The maximum absolute atomic E-state index is 7.33. The van der Waals surface area contributed by atoms with Gasteiger partial charge in [-0.2, -0.15) is 0 Å². The van der Waals surface area contributed by atoms with Gasteiger partial charge in [0, 0.05) is 0 Å². The van der Waals surface area contributed by atoms with Crippen molar-refractivity contribution in [3.8, 4) is 0 Å². The van der Waals surface area contributed by atoms with Gasteiger partial charge in [-0.3, -0.25) is 0 Å². The summed E-state index contributed by atoms with van der Waals surface area (Å²) in [7, 11) is -4.61. The van der Waals surface area contributed by atoms with Crippen LogP contribution in [0.15, 0.2) is 0 Å². The first-order valence-electron chi connectivity index (χ1n) is 0.894. The average molecular weight is 152 g/mol. The van der Waals surface area contributed by atoms with Crippen molar-refractivity contribution in [3.63, 3.8) is 0 Å². The first-order chi connectivity index (χ1) is 2.00. The van der Waals surface area contributed by atoms with Gasteiger partial charge in [-0.15, -0.1) is 0 Å². The maximum Gasteiger partial charge on any atom is 2.00 e. The van der Waals surface area contributed by atoms with Crippen molar-refractivity contribution in [2.24, 2.45) is 0 Å². The van der Waals surface area contributed by atoms with Crippen LogP contribution in [0.25, 0.3) is 0 Å². The molecule has 7 heavy (non-hydrogen) atoms. The van der Waals surface area contributed by atoms with Crippen LogP contribution in [-0.4, -0.2) is 66.0 Å². The first kappa shape index (κ1) is 15.7. The summed E-state index contributed by atoms with van der Waals surface area (Å²) in [5.74, 6) is 0. The van der Waals surface area contributed by atoms with E-state index in [1.807, 2.05) is 0 Å². The predicted molar refractivity (Wildman–Crippen MR) is 21.1 cm³/mol. The van der Waals surface area contributed by atoms with Crippen LogP contribution in [0, 0.1) is 0 Å². The molecule has 5 nitrogen and oxygen atoms in total. The van der Waals surface area contributed by atoms with E-state index in [9.17, 15) is 0 Å². The summed E-state index contributed by atoms with van der Waals surface area (Å²) in [4.78, 5) is 29.3. The van der Waals surface area contributed by atoms with Crippen LogP contribution in [0.2, 0.25) is 0 Å². The Morgan fingerprint density at radius 1 is 0.857 bits per heavy atom. The van der Waals surface area contributed by atoms with Crippen LogP contribution in [-0.2, 0) is 5.48 Å². The standard InChI is InChI=1S/Ca.H4O4Si.O/c;1-5(2,3)4;/h;1-4H;/q+2;;-2. The molecule has 0 bridgehead atoms. The third-order valence-corrected chi connectivity index (χ3v) is 0. The molecule has 0 unspecified atom stereocenters. The molecule has 0 rings (SSSR count). The molecule has 0 spiro atoms. The summed E-state index contributed by atoms with van der Waals surface area (Å²) in [6.07, 6.45) is 0. The zero-order valence-corrected chi connectivity index (χ0v) is 6.61. The Bertz CT molecular complexity index is 23.6. The summed E-state index contributed by atoms with van der Waals surface area (Å²) >= 11 is 0. The molecule has 0 aromatic rings. The molecule has 0 aliphatic carbocycles. The van der Waals surface area contributed by atoms with Crippen molar-refractivity contribution in [1.82, 2.24) is 0 Å². The summed E-state index contributed by atoms with van der Waals surface area (Å²) in [6.45, 7) is 0. The molecule has 0 aromatic heterocycles. The molecule has 0 heterocycles. The largest absolute Gasteiger partial charge is 2.00 e. The number of rotatable bonds is 0. The molecule has 0 saturated heterocycles. The van der Waals surface area contributed by atoms with Gasteiger partial charge in [0.05, 0.1) is 0 Å². The quantitative estimate of drug-likeness (QED) is 0.275. The Balaban J connectivity index is -0.0000000800. The molecule has 7 heteroatoms. The van der Waals surface area contributed by atoms with Crippen molar-refractivity contribution >= 4 is 46.8 Å². The van der Waals surface area contributed by atoms with E-state index in [4.69, 9.17) is 19.2 Å². The van der Waals surface area contributed by atoms with E-state index in [1.54, 1.807) is 0 Å². The number of hydrogen-bond donors (Lipinski definition) is 4. The van der Waals surface area contributed by atoms with Crippen LogP contribution < -0.4 is 0 Å². The van der Waals surface area contributed by atoms with Crippen molar-refractivity contribution in [2.45, 2.75) is 0 Å². The van der Waals surface area contributed by atoms with E-state index >= 15 is 0 Å². The Hall–Kier alpha value is 1.28. The molecule has 0 radical (unpaired) electrons. The predicted octanol–water partition coefficient (Wildman–Crippen LogP) is -3.11. The summed E-state index contributed by atoms with van der Waals surface area (Å²) in [5.41, 5.74) is 0. The van der Waals surface area contributed by atoms with Gasteiger partial charge in [0.1, 0.15) is 0 Å². The van der Waals surface area contributed by atoms with Gasteiger partial charge >= 0.3 is 46.8 Å². The second-order valence-corrected chi connectivity index (χ2v) is 1.80. The molecule has 0 aliphatic rings. The Labute approximate surface area is 71.0 Å². The summed E-state index contributed by atoms with van der Waals surface area (Å²) in [5, 5.41) is 0. The topological polar surface area (TPSA) is 109 Å². The third kappa shape index (κ3) is 124. The van der Waals surface area contributed by atoms with E-state index in [2.05, 4.69) is 0 Å². The minimum Gasteiger partial charge on any atom is -2.00 e. The third-order valence-electron chi connectivity index (χ3n) is 0. The van der Waals surface area contributed by atoms with Crippen molar-refractivity contribution in [3.05, 3.63) is 0 Å². The van der Waals surface area contributed by atoms with Crippen LogP contribution in [0.3, 0.4) is 0 Å². The normalized spacial score (nSPS) is 8.57. The van der Waals surface area contributed by atoms with Crippen LogP contribution in [0.5, 0.6) is 0 Å². The van der Waals surface area contributed by atoms with E-state index in [-0.39, 0.29) is 43.2 Å². The Morgan fingerprint density at radius 3 is 0.857 bits per heavy atom. The fraction of sp³-hybridized carbons (Fsp3) is 0. The Morgan fingerprint density at radius 2 is 0.857 bits per heavy atom. The van der Waals surface area contributed by atoms with E-state index in [0.29, 0.717) is 0 Å². The van der Waals surface area contributed by atoms with Gasteiger partial charge < -0.3 is 24.7 Å². The summed E-state index contributed by atoms with van der Waals surface area (Å²) in [6, 6.07) is 0. The molecular formula is H4CaO5Si. The second-order valence-electron chi connectivity index (χ2n) is 0.600. The molecule has 0 aromatic carbocycles. The zero-order chi connectivity index (χ0) is 4.50. The maximum atomic E-state index is 7.33.